The van der Waals surface area contributed by atoms with Gasteiger partial charge in [0.2, 0.25) is 0 Å². The lowest BCUT2D eigenvalue weighted by Gasteiger charge is -2.17. The first-order valence-electron chi connectivity index (χ1n) is 8.60. The number of likely N-dealkylation sites (tertiary alicyclic amines) is 1. The molecule has 1 amide bonds. The zero-order valence-corrected chi connectivity index (χ0v) is 14.1. The van der Waals surface area contributed by atoms with Crippen molar-refractivity contribution in [2.45, 2.75) is 12.5 Å². The molecule has 3 aromatic rings. The van der Waals surface area contributed by atoms with Gasteiger partial charge in [0.05, 0.1) is 11.7 Å². The molecular weight excluding hydrogens is 330 g/mol. The maximum absolute atomic E-state index is 13.0. The van der Waals surface area contributed by atoms with E-state index in [4.69, 9.17) is 0 Å². The molecule has 26 heavy (non-hydrogen) atoms. The Hall–Kier alpha value is -2.99. The second kappa shape index (κ2) is 6.72. The lowest BCUT2D eigenvalue weighted by Crippen LogP contribution is -2.30. The number of aliphatic hydroxyl groups is 1. The first-order chi connectivity index (χ1) is 12.6. The molecule has 1 aliphatic heterocycles. The Bertz CT molecular complexity index is 1000. The third kappa shape index (κ3) is 2.99. The van der Waals surface area contributed by atoms with E-state index < -0.39 is 6.10 Å². The van der Waals surface area contributed by atoms with E-state index in [1.807, 2.05) is 18.2 Å². The number of nitrogens with zero attached hydrogens (tertiary/aromatic N) is 2. The maximum Gasteiger partial charge on any atom is 0.256 e. The molecule has 0 spiro atoms. The standard InChI is InChI=1S/C20H19N3O3/c24-18-12-23(11-14(18)9-13-5-7-21-8-6-13)20(26)17-10-22-19(25)16-4-2-1-3-15(16)17/h1-8,10,14,18,24H,9,11-12H2,(H,22,25)/t14-,18+/m1/s1. The molecular formula is C20H19N3O3. The van der Waals surface area contributed by atoms with Crippen LogP contribution in [0.2, 0.25) is 0 Å². The van der Waals surface area contributed by atoms with Gasteiger partial charge in [-0.1, -0.05) is 18.2 Å². The molecule has 2 atom stereocenters. The average molecular weight is 349 g/mol. The number of hydrogen-bond acceptors (Lipinski definition) is 4. The molecule has 2 N–H and O–H groups in total. The van der Waals surface area contributed by atoms with Gasteiger partial charge in [0, 0.05) is 48.4 Å². The van der Waals surface area contributed by atoms with Crippen LogP contribution in [0.4, 0.5) is 0 Å². The Morgan fingerprint density at radius 1 is 1.15 bits per heavy atom. The molecule has 0 saturated carbocycles. The molecule has 1 aromatic carbocycles. The Balaban J connectivity index is 1.58. The van der Waals surface area contributed by atoms with Crippen molar-refractivity contribution >= 4 is 16.7 Å². The van der Waals surface area contributed by atoms with Crippen molar-refractivity contribution in [2.75, 3.05) is 13.1 Å². The molecule has 1 fully saturated rings. The number of nitrogens with one attached hydrogen (secondary N) is 1. The van der Waals surface area contributed by atoms with Crippen LogP contribution in [0.15, 0.2) is 59.8 Å². The van der Waals surface area contributed by atoms with Gasteiger partial charge in [-0.2, -0.15) is 0 Å². The summed E-state index contributed by atoms with van der Waals surface area (Å²) < 4.78 is 0. The Morgan fingerprint density at radius 2 is 1.88 bits per heavy atom. The quantitative estimate of drug-likeness (QED) is 0.752. The summed E-state index contributed by atoms with van der Waals surface area (Å²) in [5.41, 5.74) is 1.33. The molecule has 4 rings (SSSR count). The third-order valence-electron chi connectivity index (χ3n) is 4.98. The summed E-state index contributed by atoms with van der Waals surface area (Å²) in [6, 6.07) is 10.9. The largest absolute Gasteiger partial charge is 0.391 e. The number of aromatic nitrogens is 2. The van der Waals surface area contributed by atoms with Gasteiger partial charge in [0.1, 0.15) is 0 Å². The molecule has 0 bridgehead atoms. The fourth-order valence-electron chi connectivity index (χ4n) is 3.60. The van der Waals surface area contributed by atoms with Crippen LogP contribution in [0.5, 0.6) is 0 Å². The smallest absolute Gasteiger partial charge is 0.256 e. The highest BCUT2D eigenvalue weighted by molar-refractivity contribution is 6.06. The normalized spacial score (nSPS) is 19.8. The van der Waals surface area contributed by atoms with Crippen LogP contribution in [0.25, 0.3) is 10.8 Å². The molecule has 0 unspecified atom stereocenters. The summed E-state index contributed by atoms with van der Waals surface area (Å²) >= 11 is 0. The van der Waals surface area contributed by atoms with E-state index in [1.165, 1.54) is 6.20 Å². The maximum atomic E-state index is 13.0. The number of pyridine rings is 2. The molecule has 1 aliphatic rings. The molecule has 0 radical (unpaired) electrons. The number of aromatic amines is 1. The molecule has 2 aromatic heterocycles. The number of aliphatic hydroxyl groups excluding tert-OH is 1. The van der Waals surface area contributed by atoms with E-state index in [2.05, 4.69) is 9.97 Å². The van der Waals surface area contributed by atoms with E-state index in [-0.39, 0.29) is 17.4 Å². The SMILES string of the molecule is O=C(c1c[nH]c(=O)c2ccccc12)N1C[C@@H](Cc2ccncc2)[C@@H](O)C1. The van der Waals surface area contributed by atoms with Gasteiger partial charge >= 0.3 is 0 Å². The average Bonchev–Trinajstić information content (AvgIpc) is 3.03. The summed E-state index contributed by atoms with van der Waals surface area (Å²) in [4.78, 5) is 33.3. The molecule has 132 valence electrons. The number of β-amino-alcohol motifs (C(OH)–C–C–N with tert-alkyl or cyclic N) is 1. The van der Waals surface area contributed by atoms with E-state index in [0.717, 1.165) is 5.56 Å². The summed E-state index contributed by atoms with van der Waals surface area (Å²) in [6.07, 6.45) is 5.05. The number of carbonyl (C=O) groups is 1. The first-order valence-corrected chi connectivity index (χ1v) is 8.60. The van der Waals surface area contributed by atoms with Crippen molar-refractivity contribution in [3.05, 3.63) is 76.5 Å². The number of H-pyrrole nitrogens is 1. The Morgan fingerprint density at radius 3 is 2.65 bits per heavy atom. The predicted molar refractivity (Wildman–Crippen MR) is 97.9 cm³/mol. The van der Waals surface area contributed by atoms with Crippen molar-refractivity contribution in [3.63, 3.8) is 0 Å². The summed E-state index contributed by atoms with van der Waals surface area (Å²) in [7, 11) is 0. The second-order valence-electron chi connectivity index (χ2n) is 6.67. The fourth-order valence-corrected chi connectivity index (χ4v) is 3.60. The van der Waals surface area contributed by atoms with Gasteiger partial charge in [-0.25, -0.2) is 0 Å². The van der Waals surface area contributed by atoms with Crippen LogP contribution in [-0.2, 0) is 6.42 Å². The van der Waals surface area contributed by atoms with Crippen molar-refractivity contribution in [1.82, 2.24) is 14.9 Å². The summed E-state index contributed by atoms with van der Waals surface area (Å²) in [5.74, 6) is -0.191. The van der Waals surface area contributed by atoms with Gasteiger partial charge in [0.25, 0.3) is 11.5 Å². The van der Waals surface area contributed by atoms with E-state index >= 15 is 0 Å². The number of carbonyl (C=O) groups excluding carboxylic acids is 1. The Labute approximate surface area is 150 Å². The van der Waals surface area contributed by atoms with Crippen molar-refractivity contribution in [3.8, 4) is 0 Å². The highest BCUT2D eigenvalue weighted by Crippen LogP contribution is 2.24. The highest BCUT2D eigenvalue weighted by Gasteiger charge is 2.34. The van der Waals surface area contributed by atoms with Crippen LogP contribution in [0, 0.1) is 5.92 Å². The van der Waals surface area contributed by atoms with Crippen LogP contribution in [0.1, 0.15) is 15.9 Å². The first kappa shape index (κ1) is 16.5. The highest BCUT2D eigenvalue weighted by atomic mass is 16.3. The van der Waals surface area contributed by atoms with Crippen LogP contribution < -0.4 is 5.56 Å². The minimum Gasteiger partial charge on any atom is -0.391 e. The van der Waals surface area contributed by atoms with Gasteiger partial charge in [-0.3, -0.25) is 14.6 Å². The topological polar surface area (TPSA) is 86.3 Å². The fraction of sp³-hybridized carbons (Fsp3) is 0.250. The number of amides is 1. The zero-order valence-electron chi connectivity index (χ0n) is 14.1. The monoisotopic (exact) mass is 349 g/mol. The van der Waals surface area contributed by atoms with E-state index in [1.54, 1.807) is 35.5 Å². The number of hydrogen-bond donors (Lipinski definition) is 2. The molecule has 3 heterocycles. The van der Waals surface area contributed by atoms with E-state index in [0.29, 0.717) is 35.8 Å². The third-order valence-corrected chi connectivity index (χ3v) is 4.98. The molecule has 6 heteroatoms. The van der Waals surface area contributed by atoms with Crippen LogP contribution >= 0.6 is 0 Å². The molecule has 1 saturated heterocycles. The van der Waals surface area contributed by atoms with Crippen molar-refractivity contribution in [2.24, 2.45) is 5.92 Å². The van der Waals surface area contributed by atoms with Crippen LogP contribution in [-0.4, -0.2) is 45.1 Å². The Kier molecular flexibility index (Phi) is 4.26. The van der Waals surface area contributed by atoms with Crippen molar-refractivity contribution in [1.29, 1.82) is 0 Å². The molecule has 0 aliphatic carbocycles. The van der Waals surface area contributed by atoms with E-state index in [9.17, 15) is 14.7 Å². The van der Waals surface area contributed by atoms with Crippen LogP contribution in [0.3, 0.4) is 0 Å². The zero-order chi connectivity index (χ0) is 18.1. The van der Waals surface area contributed by atoms with Gasteiger partial charge in [0.15, 0.2) is 0 Å². The summed E-state index contributed by atoms with van der Waals surface area (Å²) in [6.45, 7) is 0.776. The van der Waals surface area contributed by atoms with Gasteiger partial charge < -0.3 is 15.0 Å². The van der Waals surface area contributed by atoms with Gasteiger partial charge in [-0.15, -0.1) is 0 Å². The lowest BCUT2D eigenvalue weighted by atomic mass is 9.97. The number of rotatable bonds is 3. The number of fused-ring (bicyclic) bond motifs is 1. The van der Waals surface area contributed by atoms with Gasteiger partial charge in [-0.05, 0) is 30.2 Å². The lowest BCUT2D eigenvalue weighted by molar-refractivity contribution is 0.0766. The second-order valence-corrected chi connectivity index (χ2v) is 6.67. The minimum atomic E-state index is -0.568. The summed E-state index contributed by atoms with van der Waals surface area (Å²) in [5, 5.41) is 11.5. The predicted octanol–water partition coefficient (Wildman–Crippen LogP) is 1.60. The number of benzene rings is 1. The van der Waals surface area contributed by atoms with Crippen molar-refractivity contribution < 1.29 is 9.90 Å². The molecule has 6 nitrogen and oxygen atoms in total. The minimum absolute atomic E-state index is 0.0182.